The van der Waals surface area contributed by atoms with E-state index < -0.39 is 28.9 Å². The second-order valence-electron chi connectivity index (χ2n) is 6.26. The lowest BCUT2D eigenvalue weighted by Gasteiger charge is -2.29. The Hall–Kier alpha value is -2.97. The third-order valence-corrected chi connectivity index (χ3v) is 5.97. The van der Waals surface area contributed by atoms with E-state index >= 15 is 4.39 Å². The largest absolute Gasteiger partial charge is 0.507 e. The van der Waals surface area contributed by atoms with E-state index in [1.807, 2.05) is 0 Å². The molecule has 4 rings (SSSR count). The van der Waals surface area contributed by atoms with Gasteiger partial charge in [0, 0.05) is 22.8 Å². The first-order valence-electron chi connectivity index (χ1n) is 8.28. The number of phenolic OH excluding ortho intramolecular Hbond substituents is 1. The summed E-state index contributed by atoms with van der Waals surface area (Å²) >= 11 is 7.10. The molecule has 3 aromatic rings. The van der Waals surface area contributed by atoms with Gasteiger partial charge in [-0.15, -0.1) is 11.3 Å². The van der Waals surface area contributed by atoms with Gasteiger partial charge in [-0.1, -0.05) is 29.8 Å². The topological polar surface area (TPSA) is 75.6 Å². The number of fused-ring (bicyclic) bond motifs is 1. The smallest absolute Gasteiger partial charge is 0.279 e. The number of thiophene rings is 1. The molecule has 5 nitrogen and oxygen atoms in total. The van der Waals surface area contributed by atoms with Crippen LogP contribution in [0.3, 0.4) is 0 Å². The average molecular weight is 436 g/mol. The van der Waals surface area contributed by atoms with Crippen LogP contribution in [0.15, 0.2) is 42.5 Å². The fourth-order valence-corrected chi connectivity index (χ4v) is 4.66. The van der Waals surface area contributed by atoms with Crippen LogP contribution in [-0.4, -0.2) is 23.9 Å². The summed E-state index contributed by atoms with van der Waals surface area (Å²) in [5.74, 6) is -3.47. The van der Waals surface area contributed by atoms with Gasteiger partial charge in [0.15, 0.2) is 0 Å². The molecule has 0 saturated carbocycles. The van der Waals surface area contributed by atoms with Gasteiger partial charge in [-0.2, -0.15) is 0 Å². The molecule has 9 heteroatoms. The molecule has 0 bridgehead atoms. The van der Waals surface area contributed by atoms with Crippen molar-refractivity contribution in [2.45, 2.75) is 5.67 Å². The third kappa shape index (κ3) is 2.79. The van der Waals surface area contributed by atoms with E-state index in [4.69, 9.17) is 16.3 Å². The predicted octanol–water partition coefficient (Wildman–Crippen LogP) is 4.92. The molecule has 2 aromatic carbocycles. The molecule has 0 spiro atoms. The normalized spacial score (nSPS) is 18.3. The maximum Gasteiger partial charge on any atom is 0.279 e. The van der Waals surface area contributed by atoms with Gasteiger partial charge >= 0.3 is 0 Å². The Morgan fingerprint density at radius 3 is 2.59 bits per heavy atom. The molecule has 1 aliphatic heterocycles. The lowest BCUT2D eigenvalue weighted by atomic mass is 9.82. The van der Waals surface area contributed by atoms with Gasteiger partial charge in [0.05, 0.1) is 12.7 Å². The molecule has 1 aromatic heterocycles. The van der Waals surface area contributed by atoms with Gasteiger partial charge in [-0.3, -0.25) is 9.59 Å². The van der Waals surface area contributed by atoms with Crippen LogP contribution in [0.1, 0.15) is 15.9 Å². The summed E-state index contributed by atoms with van der Waals surface area (Å²) < 4.78 is 34.6. The number of carbonyl (C=O) groups excluding carboxylic acids is 2. The number of rotatable bonds is 3. The van der Waals surface area contributed by atoms with Crippen LogP contribution in [0.2, 0.25) is 4.34 Å². The Labute approximate surface area is 172 Å². The molecule has 1 atom stereocenters. The maximum atomic E-state index is 16.1. The number of aromatic hydroxyl groups is 1. The number of Topliss-reactive ketones (excluding diaryl/α,β-unsaturated/α-hetero) is 1. The first-order valence-corrected chi connectivity index (χ1v) is 9.48. The van der Waals surface area contributed by atoms with Gasteiger partial charge in [0.2, 0.25) is 5.78 Å². The predicted molar refractivity (Wildman–Crippen MR) is 105 cm³/mol. The fourth-order valence-electron chi connectivity index (χ4n) is 3.30. The molecular formula is C20H12ClF2NO4S. The molecule has 2 heterocycles. The van der Waals surface area contributed by atoms with E-state index in [2.05, 4.69) is 5.32 Å². The number of ether oxygens (including phenoxy) is 1. The van der Waals surface area contributed by atoms with Crippen LogP contribution >= 0.6 is 22.9 Å². The molecule has 0 saturated heterocycles. The minimum Gasteiger partial charge on any atom is -0.507 e. The number of benzene rings is 2. The fraction of sp³-hybridized carbons (Fsp3) is 0.100. The molecule has 1 unspecified atom stereocenters. The van der Waals surface area contributed by atoms with Crippen molar-refractivity contribution in [1.29, 1.82) is 0 Å². The van der Waals surface area contributed by atoms with E-state index in [0.29, 0.717) is 0 Å². The second-order valence-corrected chi connectivity index (χ2v) is 7.88. The lowest BCUT2D eigenvalue weighted by Crippen LogP contribution is -2.47. The van der Waals surface area contributed by atoms with Crippen LogP contribution in [0.25, 0.3) is 11.1 Å². The number of methoxy groups -OCH3 is 1. The highest BCUT2D eigenvalue weighted by Crippen LogP contribution is 2.52. The lowest BCUT2D eigenvalue weighted by molar-refractivity contribution is -0.125. The number of para-hydroxylation sites is 1. The minimum absolute atomic E-state index is 0.0195. The van der Waals surface area contributed by atoms with Crippen LogP contribution in [0, 0.1) is 5.82 Å². The summed E-state index contributed by atoms with van der Waals surface area (Å²) in [6, 6.07) is 8.92. The van der Waals surface area contributed by atoms with Crippen molar-refractivity contribution in [3.8, 4) is 22.6 Å². The Bertz CT molecular complexity index is 1180. The number of hydrogen-bond donors (Lipinski definition) is 2. The Balaban J connectivity index is 1.96. The number of alkyl halides is 1. The van der Waals surface area contributed by atoms with E-state index in [0.717, 1.165) is 23.5 Å². The molecule has 0 fully saturated rings. The Morgan fingerprint density at radius 1 is 1.17 bits per heavy atom. The van der Waals surface area contributed by atoms with Crippen LogP contribution in [0.5, 0.6) is 11.5 Å². The molecule has 0 radical (unpaired) electrons. The van der Waals surface area contributed by atoms with Crippen molar-refractivity contribution >= 4 is 39.6 Å². The molecule has 0 aliphatic carbocycles. The monoisotopic (exact) mass is 435 g/mol. The zero-order valence-corrected chi connectivity index (χ0v) is 16.3. The van der Waals surface area contributed by atoms with Crippen LogP contribution in [-0.2, 0) is 10.5 Å². The number of amides is 1. The highest BCUT2D eigenvalue weighted by Gasteiger charge is 2.55. The van der Waals surface area contributed by atoms with E-state index in [1.54, 1.807) is 6.07 Å². The summed E-state index contributed by atoms with van der Waals surface area (Å²) in [5.41, 5.74) is -3.47. The maximum absolute atomic E-state index is 16.1. The molecule has 29 heavy (non-hydrogen) atoms. The SMILES string of the molecule is COc1ccccc1C1(F)C(=O)Nc2sc(Cl)c(-c3ccc(F)cc3O)c2C1=O. The number of hydrogen-bond acceptors (Lipinski definition) is 5. The number of anilines is 1. The van der Waals surface area contributed by atoms with Crippen LogP contribution in [0.4, 0.5) is 13.8 Å². The van der Waals surface area contributed by atoms with E-state index in [9.17, 15) is 19.1 Å². The highest BCUT2D eigenvalue weighted by atomic mass is 35.5. The summed E-state index contributed by atoms with van der Waals surface area (Å²) in [4.78, 5) is 25.9. The summed E-state index contributed by atoms with van der Waals surface area (Å²) in [7, 11) is 1.29. The number of phenols is 1. The molecule has 148 valence electrons. The highest BCUT2D eigenvalue weighted by molar-refractivity contribution is 7.21. The van der Waals surface area contributed by atoms with Crippen molar-refractivity contribution < 1.29 is 28.2 Å². The Morgan fingerprint density at radius 2 is 1.90 bits per heavy atom. The first kappa shape index (κ1) is 19.4. The van der Waals surface area contributed by atoms with E-state index in [-0.39, 0.29) is 37.3 Å². The summed E-state index contributed by atoms with van der Waals surface area (Å²) in [5, 5.41) is 12.6. The average Bonchev–Trinajstić information content (AvgIpc) is 3.01. The van der Waals surface area contributed by atoms with Crippen molar-refractivity contribution in [3.05, 3.63) is 63.7 Å². The number of ketones is 1. The molecule has 2 N–H and O–H groups in total. The molecular weight excluding hydrogens is 424 g/mol. The third-order valence-electron chi connectivity index (χ3n) is 4.65. The number of halogens is 3. The van der Waals surface area contributed by atoms with Gasteiger partial charge < -0.3 is 15.2 Å². The zero-order chi connectivity index (χ0) is 20.9. The number of nitrogens with one attached hydrogen (secondary N) is 1. The zero-order valence-electron chi connectivity index (χ0n) is 14.8. The van der Waals surface area contributed by atoms with Crippen molar-refractivity contribution in [2.75, 3.05) is 12.4 Å². The molecule has 1 amide bonds. The van der Waals surface area contributed by atoms with Crippen molar-refractivity contribution in [2.24, 2.45) is 0 Å². The first-order chi connectivity index (χ1) is 13.8. The summed E-state index contributed by atoms with van der Waals surface area (Å²) in [6.07, 6.45) is 0. The summed E-state index contributed by atoms with van der Waals surface area (Å²) in [6.45, 7) is 0. The number of carbonyl (C=O) groups is 2. The van der Waals surface area contributed by atoms with Crippen LogP contribution < -0.4 is 10.1 Å². The standard InChI is InChI=1S/C20H12ClF2NO4S/c1-28-13-5-3-2-4-11(13)20(23)16(26)15-14(10-7-6-9(22)8-12(10)25)17(21)29-18(15)24-19(20)27/h2-8,25H,1H3,(H,24,27). The van der Waals surface area contributed by atoms with E-state index in [1.165, 1.54) is 31.4 Å². The molecule has 1 aliphatic rings. The second kappa shape index (κ2) is 6.82. The van der Waals surface area contributed by atoms with Gasteiger partial charge in [0.25, 0.3) is 11.6 Å². The van der Waals surface area contributed by atoms with Crippen molar-refractivity contribution in [1.82, 2.24) is 0 Å². The Kier molecular flexibility index (Phi) is 4.55. The van der Waals surface area contributed by atoms with Crippen molar-refractivity contribution in [3.63, 3.8) is 0 Å². The minimum atomic E-state index is -3.07. The quantitative estimate of drug-likeness (QED) is 0.572. The van der Waals surface area contributed by atoms with Gasteiger partial charge in [0.1, 0.15) is 26.7 Å². The van der Waals surface area contributed by atoms with Gasteiger partial charge in [-0.25, -0.2) is 8.78 Å². The van der Waals surface area contributed by atoms with Gasteiger partial charge in [-0.05, 0) is 18.2 Å².